The van der Waals surface area contributed by atoms with E-state index in [0.717, 1.165) is 12.8 Å². The molecular formula is C19H25N3O4. The lowest BCUT2D eigenvalue weighted by Gasteiger charge is -2.24. The molecule has 0 bridgehead atoms. The van der Waals surface area contributed by atoms with E-state index in [9.17, 15) is 14.4 Å². The van der Waals surface area contributed by atoms with Gasteiger partial charge in [-0.15, -0.1) is 0 Å². The van der Waals surface area contributed by atoms with Gasteiger partial charge in [-0.1, -0.05) is 12.8 Å². The summed E-state index contributed by atoms with van der Waals surface area (Å²) in [6.07, 6.45) is 5.75. The minimum Gasteiger partial charge on any atom is -0.468 e. The molecule has 0 spiro atoms. The Labute approximate surface area is 152 Å². The lowest BCUT2D eigenvalue weighted by Crippen LogP contribution is -2.39. The molecule has 1 saturated heterocycles. The van der Waals surface area contributed by atoms with Crippen molar-refractivity contribution in [2.45, 2.75) is 44.2 Å². The van der Waals surface area contributed by atoms with Crippen molar-refractivity contribution in [3.05, 3.63) is 29.8 Å². The van der Waals surface area contributed by atoms with Crippen LogP contribution in [0.4, 0.5) is 5.69 Å². The maximum absolute atomic E-state index is 12.5. The van der Waals surface area contributed by atoms with Crippen molar-refractivity contribution in [1.82, 2.24) is 10.6 Å². The van der Waals surface area contributed by atoms with E-state index in [1.54, 1.807) is 24.3 Å². The molecule has 0 radical (unpaired) electrons. The van der Waals surface area contributed by atoms with E-state index < -0.39 is 5.97 Å². The van der Waals surface area contributed by atoms with Gasteiger partial charge in [0.15, 0.2) is 0 Å². The van der Waals surface area contributed by atoms with Crippen LogP contribution in [0.15, 0.2) is 24.3 Å². The molecule has 1 aromatic carbocycles. The summed E-state index contributed by atoms with van der Waals surface area (Å²) in [7, 11) is 1.26. The van der Waals surface area contributed by atoms with Gasteiger partial charge >= 0.3 is 5.97 Å². The second-order valence-electron chi connectivity index (χ2n) is 6.93. The number of amides is 2. The highest BCUT2D eigenvalue weighted by molar-refractivity contribution is 5.98. The van der Waals surface area contributed by atoms with Crippen LogP contribution in [-0.2, 0) is 14.3 Å². The first kappa shape index (κ1) is 18.4. The van der Waals surface area contributed by atoms with Crippen LogP contribution in [0.1, 0.15) is 42.5 Å². The van der Waals surface area contributed by atoms with Crippen LogP contribution in [-0.4, -0.2) is 43.5 Å². The van der Waals surface area contributed by atoms with E-state index in [0.29, 0.717) is 23.2 Å². The highest BCUT2D eigenvalue weighted by Crippen LogP contribution is 2.33. The Morgan fingerprint density at radius 2 is 1.88 bits per heavy atom. The minimum absolute atomic E-state index is 0.0257. The number of fused-ring (bicyclic) bond motifs is 1. The van der Waals surface area contributed by atoms with Gasteiger partial charge in [0.2, 0.25) is 5.91 Å². The highest BCUT2D eigenvalue weighted by Gasteiger charge is 2.38. The van der Waals surface area contributed by atoms with Gasteiger partial charge in [-0.3, -0.25) is 14.4 Å². The van der Waals surface area contributed by atoms with Crippen molar-refractivity contribution >= 4 is 23.5 Å². The molecule has 2 aliphatic rings. The van der Waals surface area contributed by atoms with E-state index in [4.69, 9.17) is 0 Å². The zero-order valence-electron chi connectivity index (χ0n) is 14.9. The average Bonchev–Trinajstić information content (AvgIpc) is 3.10. The van der Waals surface area contributed by atoms with E-state index in [1.165, 1.54) is 26.4 Å². The van der Waals surface area contributed by atoms with Crippen molar-refractivity contribution in [2.75, 3.05) is 19.0 Å². The van der Waals surface area contributed by atoms with Crippen LogP contribution >= 0.6 is 0 Å². The molecule has 3 rings (SSSR count). The molecule has 3 atom stereocenters. The number of benzene rings is 1. The Balaban J connectivity index is 1.51. The van der Waals surface area contributed by atoms with E-state index >= 15 is 0 Å². The normalized spacial score (nSPS) is 24.4. The summed E-state index contributed by atoms with van der Waals surface area (Å²) in [4.78, 5) is 35.5. The predicted octanol–water partition coefficient (Wildman–Crippen LogP) is 1.45. The first-order valence-electron chi connectivity index (χ1n) is 9.09. The summed E-state index contributed by atoms with van der Waals surface area (Å²) in [5.41, 5.74) is 1.06. The zero-order chi connectivity index (χ0) is 18.5. The number of carbonyl (C=O) groups is 3. The third-order valence-corrected chi connectivity index (χ3v) is 5.21. The van der Waals surface area contributed by atoms with Gasteiger partial charge in [0, 0.05) is 17.3 Å². The number of methoxy groups -OCH3 is 1. The number of hydrogen-bond donors (Lipinski definition) is 3. The lowest BCUT2D eigenvalue weighted by molar-refractivity contribution is -0.139. The molecule has 2 amide bonds. The number of carbonyl (C=O) groups excluding carboxylic acids is 3. The Morgan fingerprint density at radius 3 is 2.58 bits per heavy atom. The summed E-state index contributed by atoms with van der Waals surface area (Å²) in [5, 5.41) is 8.84. The molecular weight excluding hydrogens is 334 g/mol. The number of hydrogen-bond acceptors (Lipinski definition) is 5. The summed E-state index contributed by atoms with van der Waals surface area (Å²) >= 11 is 0. The van der Waals surface area contributed by atoms with Gasteiger partial charge in [-0.25, -0.2) is 0 Å². The second kappa shape index (κ2) is 8.31. The maximum atomic E-state index is 12.5. The average molecular weight is 359 g/mol. The minimum atomic E-state index is -0.508. The SMILES string of the molecule is COC(=O)CNC(=O)c1ccc(NC(=O)C2CC3CCCCC3N2)cc1. The van der Waals surface area contributed by atoms with Crippen molar-refractivity contribution in [2.24, 2.45) is 5.92 Å². The fraction of sp³-hybridized carbons (Fsp3) is 0.526. The lowest BCUT2D eigenvalue weighted by atomic mass is 9.85. The smallest absolute Gasteiger partial charge is 0.325 e. The second-order valence-corrected chi connectivity index (χ2v) is 6.93. The Hall–Kier alpha value is -2.41. The fourth-order valence-corrected chi connectivity index (χ4v) is 3.78. The standard InChI is InChI=1S/C19H25N3O4/c1-26-17(23)11-20-18(24)12-6-8-14(9-7-12)21-19(25)16-10-13-4-2-3-5-15(13)22-16/h6-9,13,15-16,22H,2-5,10-11H2,1H3,(H,20,24)(H,21,25). The molecule has 3 N–H and O–H groups in total. The maximum Gasteiger partial charge on any atom is 0.325 e. The number of anilines is 1. The molecule has 26 heavy (non-hydrogen) atoms. The van der Waals surface area contributed by atoms with E-state index in [1.807, 2.05) is 0 Å². The third-order valence-electron chi connectivity index (χ3n) is 5.21. The molecule has 7 nitrogen and oxygen atoms in total. The zero-order valence-corrected chi connectivity index (χ0v) is 14.9. The monoisotopic (exact) mass is 359 g/mol. The molecule has 1 aliphatic heterocycles. The molecule has 1 aliphatic carbocycles. The Morgan fingerprint density at radius 1 is 1.15 bits per heavy atom. The topological polar surface area (TPSA) is 96.5 Å². The number of rotatable bonds is 5. The fourth-order valence-electron chi connectivity index (χ4n) is 3.78. The van der Waals surface area contributed by atoms with Crippen molar-refractivity contribution in [3.8, 4) is 0 Å². The molecule has 0 aromatic heterocycles. The van der Waals surface area contributed by atoms with Gasteiger partial charge in [-0.2, -0.15) is 0 Å². The van der Waals surface area contributed by atoms with Gasteiger partial charge in [0.05, 0.1) is 13.2 Å². The van der Waals surface area contributed by atoms with Crippen molar-refractivity contribution in [1.29, 1.82) is 0 Å². The van der Waals surface area contributed by atoms with Crippen molar-refractivity contribution in [3.63, 3.8) is 0 Å². The first-order valence-corrected chi connectivity index (χ1v) is 9.09. The van der Waals surface area contributed by atoms with Crippen LogP contribution < -0.4 is 16.0 Å². The van der Waals surface area contributed by atoms with E-state index in [2.05, 4.69) is 20.7 Å². The van der Waals surface area contributed by atoms with Gasteiger partial charge in [0.25, 0.3) is 5.91 Å². The Bertz CT molecular complexity index is 660. The first-order chi connectivity index (χ1) is 12.6. The summed E-state index contributed by atoms with van der Waals surface area (Å²) < 4.78 is 4.48. The van der Waals surface area contributed by atoms with Crippen molar-refractivity contribution < 1.29 is 19.1 Å². The largest absolute Gasteiger partial charge is 0.468 e. The van der Waals surface area contributed by atoms with Crippen LogP contribution in [0.5, 0.6) is 0 Å². The molecule has 7 heteroatoms. The quantitative estimate of drug-likeness (QED) is 0.692. The molecule has 140 valence electrons. The Kier molecular flexibility index (Phi) is 5.88. The van der Waals surface area contributed by atoms with Gasteiger partial charge < -0.3 is 20.7 Å². The predicted molar refractivity (Wildman–Crippen MR) is 96.7 cm³/mol. The van der Waals surface area contributed by atoms with Crippen LogP contribution in [0.2, 0.25) is 0 Å². The third kappa shape index (κ3) is 4.40. The van der Waals surface area contributed by atoms with Crippen LogP contribution in [0.3, 0.4) is 0 Å². The number of nitrogens with one attached hydrogen (secondary N) is 3. The number of ether oxygens (including phenoxy) is 1. The molecule has 3 unspecified atom stereocenters. The number of esters is 1. The summed E-state index contributed by atoms with van der Waals surface area (Å²) in [6, 6.07) is 6.93. The molecule has 1 aromatic rings. The van der Waals surface area contributed by atoms with Gasteiger partial charge in [-0.05, 0) is 49.4 Å². The molecule has 1 saturated carbocycles. The summed E-state index contributed by atoms with van der Waals surface area (Å²) in [5.74, 6) is -0.288. The highest BCUT2D eigenvalue weighted by atomic mass is 16.5. The van der Waals surface area contributed by atoms with Crippen LogP contribution in [0, 0.1) is 5.92 Å². The summed E-state index contributed by atoms with van der Waals surface area (Å²) in [6.45, 7) is -0.177. The van der Waals surface area contributed by atoms with Gasteiger partial charge in [0.1, 0.15) is 6.54 Å². The molecule has 1 heterocycles. The van der Waals surface area contributed by atoms with E-state index in [-0.39, 0.29) is 24.4 Å². The molecule has 2 fully saturated rings. The van der Waals surface area contributed by atoms with Crippen LogP contribution in [0.25, 0.3) is 0 Å².